The first-order valence-electron chi connectivity index (χ1n) is 9.95. The van der Waals surface area contributed by atoms with Crippen LogP contribution in [0.3, 0.4) is 0 Å². The van der Waals surface area contributed by atoms with Crippen molar-refractivity contribution in [3.63, 3.8) is 0 Å². The van der Waals surface area contributed by atoms with E-state index in [4.69, 9.17) is 0 Å². The highest BCUT2D eigenvalue weighted by atomic mass is 15.2. The molecule has 0 bridgehead atoms. The Bertz CT molecular complexity index is 496. The van der Waals surface area contributed by atoms with Gasteiger partial charge in [-0.3, -0.25) is 4.90 Å². The molecule has 128 valence electrons. The summed E-state index contributed by atoms with van der Waals surface area (Å²) in [7, 11) is 0. The number of benzene rings is 1. The number of fused-ring (bicyclic) bond motifs is 1. The summed E-state index contributed by atoms with van der Waals surface area (Å²) < 4.78 is 0. The zero-order valence-corrected chi connectivity index (χ0v) is 15.5. The lowest BCUT2D eigenvalue weighted by atomic mass is 9.83. The summed E-state index contributed by atoms with van der Waals surface area (Å²) in [5.74, 6) is 0.947. The van der Waals surface area contributed by atoms with E-state index in [1.807, 2.05) is 0 Å². The van der Waals surface area contributed by atoms with Crippen LogP contribution >= 0.6 is 0 Å². The Labute approximate surface area is 143 Å². The molecule has 3 unspecified atom stereocenters. The number of rotatable bonds is 8. The molecule has 1 heteroatoms. The van der Waals surface area contributed by atoms with Gasteiger partial charge in [-0.2, -0.15) is 0 Å². The molecular weight excluding hydrogens is 278 g/mol. The van der Waals surface area contributed by atoms with Crippen molar-refractivity contribution in [2.45, 2.75) is 83.1 Å². The Morgan fingerprint density at radius 1 is 1.13 bits per heavy atom. The van der Waals surface area contributed by atoms with E-state index in [2.05, 4.69) is 56.0 Å². The highest BCUT2D eigenvalue weighted by Crippen LogP contribution is 2.59. The number of piperidine rings is 1. The third-order valence-corrected chi connectivity index (χ3v) is 6.90. The first kappa shape index (κ1) is 17.0. The van der Waals surface area contributed by atoms with Gasteiger partial charge in [0.2, 0.25) is 0 Å². The van der Waals surface area contributed by atoms with Gasteiger partial charge in [-0.1, -0.05) is 69.9 Å². The number of unbranched alkanes of at least 4 members (excludes halogenated alkanes) is 3. The molecule has 0 N–H and O–H groups in total. The molecule has 1 aliphatic heterocycles. The van der Waals surface area contributed by atoms with Crippen molar-refractivity contribution in [2.75, 3.05) is 13.1 Å². The molecule has 0 amide bonds. The maximum absolute atomic E-state index is 2.86. The molecule has 3 rings (SSSR count). The van der Waals surface area contributed by atoms with E-state index < -0.39 is 0 Å². The predicted octanol–water partition coefficient (Wildman–Crippen LogP) is 5.79. The molecule has 3 atom stereocenters. The molecule has 0 aromatic heterocycles. The Hall–Kier alpha value is -0.820. The minimum Gasteiger partial charge on any atom is -0.297 e. The smallest absolute Gasteiger partial charge is 0.0179 e. The summed E-state index contributed by atoms with van der Waals surface area (Å²) in [5.41, 5.74) is 2.49. The predicted molar refractivity (Wildman–Crippen MR) is 99.9 cm³/mol. The summed E-state index contributed by atoms with van der Waals surface area (Å²) in [5, 5.41) is 0. The second-order valence-electron chi connectivity index (χ2n) is 8.29. The van der Waals surface area contributed by atoms with Gasteiger partial charge in [-0.15, -0.1) is 0 Å². The average Bonchev–Trinajstić information content (AvgIpc) is 3.34. The lowest BCUT2D eigenvalue weighted by Crippen LogP contribution is -2.52. The van der Waals surface area contributed by atoms with Crippen LogP contribution < -0.4 is 0 Å². The molecule has 23 heavy (non-hydrogen) atoms. The first-order chi connectivity index (χ1) is 11.1. The van der Waals surface area contributed by atoms with Crippen LogP contribution in [0.25, 0.3) is 0 Å². The van der Waals surface area contributed by atoms with Gasteiger partial charge in [0, 0.05) is 17.5 Å². The zero-order chi connectivity index (χ0) is 16.3. The quantitative estimate of drug-likeness (QED) is 0.549. The normalized spacial score (nSPS) is 29.8. The van der Waals surface area contributed by atoms with Crippen molar-refractivity contribution >= 4 is 0 Å². The second-order valence-corrected chi connectivity index (χ2v) is 8.29. The SMILES string of the molecule is CCCCCCC(C)(CC)N1CCC2CC2(c2ccccc2)C1. The average molecular weight is 314 g/mol. The summed E-state index contributed by atoms with van der Waals surface area (Å²) in [6.07, 6.45) is 11.0. The summed E-state index contributed by atoms with van der Waals surface area (Å²) in [6, 6.07) is 11.3. The van der Waals surface area contributed by atoms with Crippen LogP contribution in [0.1, 0.15) is 77.7 Å². The zero-order valence-electron chi connectivity index (χ0n) is 15.5. The third kappa shape index (κ3) is 3.36. The van der Waals surface area contributed by atoms with Crippen molar-refractivity contribution in [3.05, 3.63) is 35.9 Å². The standard InChI is InChI=1S/C22H35N/c1-4-6-7-11-15-21(3,5-2)23-16-14-20-17-22(20,18-23)19-12-9-8-10-13-19/h8-10,12-13,20H,4-7,11,14-18H2,1-3H3. The number of nitrogens with zero attached hydrogens (tertiary/aromatic N) is 1. The third-order valence-electron chi connectivity index (χ3n) is 6.90. The van der Waals surface area contributed by atoms with Crippen molar-refractivity contribution in [3.8, 4) is 0 Å². The van der Waals surface area contributed by atoms with Crippen molar-refractivity contribution in [1.82, 2.24) is 4.90 Å². The van der Waals surface area contributed by atoms with Crippen LogP contribution in [0, 0.1) is 5.92 Å². The molecule has 1 nitrogen and oxygen atoms in total. The molecule has 1 aromatic carbocycles. The van der Waals surface area contributed by atoms with Crippen LogP contribution in [0.2, 0.25) is 0 Å². The molecule has 0 radical (unpaired) electrons. The number of likely N-dealkylation sites (tertiary alicyclic amines) is 1. The monoisotopic (exact) mass is 313 g/mol. The molecule has 1 saturated carbocycles. The maximum atomic E-state index is 2.86. The molecule has 1 aliphatic carbocycles. The lowest BCUT2D eigenvalue weighted by Gasteiger charge is -2.46. The Morgan fingerprint density at radius 2 is 1.91 bits per heavy atom. The Balaban J connectivity index is 1.68. The number of hydrogen-bond donors (Lipinski definition) is 0. The van der Waals surface area contributed by atoms with Gasteiger partial charge in [-0.25, -0.2) is 0 Å². The highest BCUT2D eigenvalue weighted by Gasteiger charge is 2.58. The van der Waals surface area contributed by atoms with Crippen molar-refractivity contribution in [2.24, 2.45) is 5.92 Å². The lowest BCUT2D eigenvalue weighted by molar-refractivity contribution is 0.0547. The van der Waals surface area contributed by atoms with Gasteiger partial charge in [0.15, 0.2) is 0 Å². The largest absolute Gasteiger partial charge is 0.297 e. The van der Waals surface area contributed by atoms with Crippen molar-refractivity contribution in [1.29, 1.82) is 0 Å². The van der Waals surface area contributed by atoms with Crippen LogP contribution in [-0.2, 0) is 5.41 Å². The Kier molecular flexibility index (Phi) is 5.16. The maximum Gasteiger partial charge on any atom is 0.0179 e. The fourth-order valence-corrected chi connectivity index (χ4v) is 4.85. The molecule has 1 aromatic rings. The fraction of sp³-hybridized carbons (Fsp3) is 0.727. The van der Waals surface area contributed by atoms with Crippen LogP contribution in [-0.4, -0.2) is 23.5 Å². The van der Waals surface area contributed by atoms with Crippen LogP contribution in [0.15, 0.2) is 30.3 Å². The molecule has 1 saturated heterocycles. The second kappa shape index (κ2) is 6.97. The summed E-state index contributed by atoms with van der Waals surface area (Å²) >= 11 is 0. The van der Waals surface area contributed by atoms with Gasteiger partial charge in [0.05, 0.1) is 0 Å². The van der Waals surface area contributed by atoms with Crippen molar-refractivity contribution < 1.29 is 0 Å². The van der Waals surface area contributed by atoms with Gasteiger partial charge >= 0.3 is 0 Å². The first-order valence-corrected chi connectivity index (χ1v) is 9.95. The van der Waals surface area contributed by atoms with Gasteiger partial charge in [0.1, 0.15) is 0 Å². The van der Waals surface area contributed by atoms with E-state index in [-0.39, 0.29) is 0 Å². The van der Waals surface area contributed by atoms with E-state index in [1.54, 1.807) is 5.56 Å². The van der Waals surface area contributed by atoms with Gasteiger partial charge < -0.3 is 0 Å². The summed E-state index contributed by atoms with van der Waals surface area (Å²) in [6.45, 7) is 9.84. The van der Waals surface area contributed by atoms with E-state index in [0.29, 0.717) is 11.0 Å². The topological polar surface area (TPSA) is 3.24 Å². The Morgan fingerprint density at radius 3 is 2.61 bits per heavy atom. The van der Waals surface area contributed by atoms with E-state index in [1.165, 1.54) is 64.5 Å². The summed E-state index contributed by atoms with van der Waals surface area (Å²) in [4.78, 5) is 2.86. The minimum atomic E-state index is 0.406. The molecule has 2 aliphatic rings. The minimum absolute atomic E-state index is 0.406. The van der Waals surface area contributed by atoms with E-state index in [9.17, 15) is 0 Å². The highest BCUT2D eigenvalue weighted by molar-refractivity contribution is 5.35. The molecule has 1 heterocycles. The van der Waals surface area contributed by atoms with Gasteiger partial charge in [-0.05, 0) is 50.6 Å². The van der Waals surface area contributed by atoms with Crippen LogP contribution in [0.4, 0.5) is 0 Å². The van der Waals surface area contributed by atoms with E-state index in [0.717, 1.165) is 5.92 Å². The molecule has 0 spiro atoms. The van der Waals surface area contributed by atoms with Gasteiger partial charge in [0.25, 0.3) is 0 Å². The fourth-order valence-electron chi connectivity index (χ4n) is 4.85. The number of hydrogen-bond acceptors (Lipinski definition) is 1. The molecule has 2 fully saturated rings. The van der Waals surface area contributed by atoms with E-state index >= 15 is 0 Å². The van der Waals surface area contributed by atoms with Crippen LogP contribution in [0.5, 0.6) is 0 Å². The molecular formula is C22H35N.